The Hall–Kier alpha value is -2.48. The Morgan fingerprint density at radius 1 is 1.48 bits per heavy atom. The molecule has 0 saturated carbocycles. The standard InChI is InChI=1S/C13H13N5O2S/c1-8-9-11(15-3-5-18-4-2-14-7-18)16-6-17-12(9)21-10(8)13(19)20/h2,4,6-7H,3,5H2,1H3,(H,19,20)(H,15,16,17). The van der Waals surface area contributed by atoms with Crippen molar-refractivity contribution in [2.24, 2.45) is 0 Å². The fourth-order valence-corrected chi connectivity index (χ4v) is 3.12. The van der Waals surface area contributed by atoms with Crippen LogP contribution in [0.25, 0.3) is 10.2 Å². The zero-order valence-electron chi connectivity index (χ0n) is 11.3. The van der Waals surface area contributed by atoms with E-state index < -0.39 is 5.97 Å². The number of thiophene rings is 1. The molecule has 3 heterocycles. The number of carboxylic acid groups (broad SMARTS) is 1. The summed E-state index contributed by atoms with van der Waals surface area (Å²) in [5.41, 5.74) is 0.702. The van der Waals surface area contributed by atoms with Crippen molar-refractivity contribution in [1.82, 2.24) is 19.5 Å². The first-order chi connectivity index (χ1) is 10.2. The molecule has 0 aromatic carbocycles. The molecule has 7 nitrogen and oxygen atoms in total. The summed E-state index contributed by atoms with van der Waals surface area (Å²) in [4.78, 5) is 24.6. The number of hydrogen-bond donors (Lipinski definition) is 2. The van der Waals surface area contributed by atoms with E-state index in [4.69, 9.17) is 0 Å². The van der Waals surface area contributed by atoms with Crippen molar-refractivity contribution in [1.29, 1.82) is 0 Å². The summed E-state index contributed by atoms with van der Waals surface area (Å²) in [5, 5.41) is 13.2. The van der Waals surface area contributed by atoms with Gasteiger partial charge < -0.3 is 15.0 Å². The molecule has 3 aromatic heterocycles. The van der Waals surface area contributed by atoms with E-state index in [1.807, 2.05) is 10.8 Å². The number of aryl methyl sites for hydroxylation is 1. The van der Waals surface area contributed by atoms with E-state index >= 15 is 0 Å². The molecule has 2 N–H and O–H groups in total. The lowest BCUT2D eigenvalue weighted by atomic mass is 10.2. The molecule has 0 amide bonds. The molecule has 0 saturated heterocycles. The van der Waals surface area contributed by atoms with Crippen LogP contribution in [0.5, 0.6) is 0 Å². The third kappa shape index (κ3) is 2.57. The van der Waals surface area contributed by atoms with Gasteiger partial charge in [0.25, 0.3) is 0 Å². The highest BCUT2D eigenvalue weighted by Crippen LogP contribution is 2.32. The van der Waals surface area contributed by atoms with E-state index in [2.05, 4.69) is 20.3 Å². The van der Waals surface area contributed by atoms with Gasteiger partial charge in [-0.25, -0.2) is 19.7 Å². The number of nitrogens with zero attached hydrogens (tertiary/aromatic N) is 4. The highest BCUT2D eigenvalue weighted by molar-refractivity contribution is 7.20. The number of aromatic carboxylic acids is 1. The number of carbonyl (C=O) groups is 1. The SMILES string of the molecule is Cc1c(C(=O)O)sc2ncnc(NCCn3ccnc3)c12. The topological polar surface area (TPSA) is 92.9 Å². The van der Waals surface area contributed by atoms with Crippen LogP contribution < -0.4 is 5.32 Å². The Bertz CT molecular complexity index is 781. The summed E-state index contributed by atoms with van der Waals surface area (Å²) in [6, 6.07) is 0. The second kappa shape index (κ2) is 5.49. The summed E-state index contributed by atoms with van der Waals surface area (Å²) >= 11 is 1.17. The van der Waals surface area contributed by atoms with Crippen LogP contribution >= 0.6 is 11.3 Å². The van der Waals surface area contributed by atoms with Crippen molar-refractivity contribution >= 4 is 33.3 Å². The highest BCUT2D eigenvalue weighted by Gasteiger charge is 2.18. The average molecular weight is 303 g/mol. The Morgan fingerprint density at radius 3 is 3.05 bits per heavy atom. The largest absolute Gasteiger partial charge is 0.477 e. The van der Waals surface area contributed by atoms with Crippen LogP contribution in [-0.4, -0.2) is 37.1 Å². The molecule has 0 bridgehead atoms. The summed E-state index contributed by atoms with van der Waals surface area (Å²) < 4.78 is 1.95. The zero-order valence-corrected chi connectivity index (χ0v) is 12.1. The van der Waals surface area contributed by atoms with Gasteiger partial charge in [0, 0.05) is 25.5 Å². The monoisotopic (exact) mass is 303 g/mol. The molecule has 0 aliphatic carbocycles. The Balaban J connectivity index is 1.86. The van der Waals surface area contributed by atoms with Gasteiger partial charge in [0.05, 0.1) is 11.7 Å². The normalized spacial score (nSPS) is 10.9. The molecule has 3 rings (SSSR count). The molecular formula is C13H13N5O2S. The van der Waals surface area contributed by atoms with Crippen molar-refractivity contribution in [2.75, 3.05) is 11.9 Å². The molecule has 0 aliphatic rings. The van der Waals surface area contributed by atoms with Crippen molar-refractivity contribution in [3.05, 3.63) is 35.5 Å². The van der Waals surface area contributed by atoms with Crippen LogP contribution in [0.4, 0.5) is 5.82 Å². The highest BCUT2D eigenvalue weighted by atomic mass is 32.1. The van der Waals surface area contributed by atoms with Gasteiger partial charge in [-0.05, 0) is 12.5 Å². The molecule has 108 valence electrons. The summed E-state index contributed by atoms with van der Waals surface area (Å²) in [6.45, 7) is 3.20. The molecule has 8 heteroatoms. The smallest absolute Gasteiger partial charge is 0.346 e. The lowest BCUT2D eigenvalue weighted by Gasteiger charge is -2.07. The lowest BCUT2D eigenvalue weighted by Crippen LogP contribution is -2.10. The minimum atomic E-state index is -0.931. The van der Waals surface area contributed by atoms with E-state index in [0.717, 1.165) is 11.9 Å². The average Bonchev–Trinajstić information content (AvgIpc) is 3.07. The molecule has 0 radical (unpaired) electrons. The van der Waals surface area contributed by atoms with Crippen LogP contribution in [0.2, 0.25) is 0 Å². The molecule has 3 aromatic rings. The summed E-state index contributed by atoms with van der Waals surface area (Å²) in [7, 11) is 0. The number of aromatic nitrogens is 4. The molecule has 0 fully saturated rings. The van der Waals surface area contributed by atoms with E-state index in [1.165, 1.54) is 17.7 Å². The van der Waals surface area contributed by atoms with Crippen molar-refractivity contribution in [3.63, 3.8) is 0 Å². The first kappa shape index (κ1) is 13.5. The minimum absolute atomic E-state index is 0.308. The zero-order chi connectivity index (χ0) is 14.8. The molecule has 0 spiro atoms. The molecule has 21 heavy (non-hydrogen) atoms. The fourth-order valence-electron chi connectivity index (χ4n) is 2.13. The van der Waals surface area contributed by atoms with Crippen molar-refractivity contribution in [2.45, 2.75) is 13.5 Å². The number of rotatable bonds is 5. The predicted octanol–water partition coefficient (Wildman–Crippen LogP) is 2.01. The van der Waals surface area contributed by atoms with E-state index in [1.54, 1.807) is 19.4 Å². The van der Waals surface area contributed by atoms with Gasteiger partial charge in [-0.3, -0.25) is 0 Å². The Labute approximate surface area is 124 Å². The number of fused-ring (bicyclic) bond motifs is 1. The number of hydrogen-bond acceptors (Lipinski definition) is 6. The quantitative estimate of drug-likeness (QED) is 0.749. The molecular weight excluding hydrogens is 290 g/mol. The van der Waals surface area contributed by atoms with Crippen molar-refractivity contribution in [3.8, 4) is 0 Å². The second-order valence-electron chi connectivity index (χ2n) is 4.49. The van der Waals surface area contributed by atoms with Gasteiger partial charge in [-0.15, -0.1) is 11.3 Å². The number of carboxylic acids is 1. The van der Waals surface area contributed by atoms with Gasteiger partial charge >= 0.3 is 5.97 Å². The maximum Gasteiger partial charge on any atom is 0.346 e. The third-order valence-corrected chi connectivity index (χ3v) is 4.33. The van der Waals surface area contributed by atoms with Crippen LogP contribution in [0.1, 0.15) is 15.2 Å². The van der Waals surface area contributed by atoms with Gasteiger partial charge in [0.1, 0.15) is 21.9 Å². The van der Waals surface area contributed by atoms with E-state index in [9.17, 15) is 9.90 Å². The first-order valence-electron chi connectivity index (χ1n) is 6.34. The van der Waals surface area contributed by atoms with Crippen LogP contribution in [-0.2, 0) is 6.54 Å². The number of nitrogens with one attached hydrogen (secondary N) is 1. The van der Waals surface area contributed by atoms with E-state index in [-0.39, 0.29) is 0 Å². The second-order valence-corrected chi connectivity index (χ2v) is 5.49. The summed E-state index contributed by atoms with van der Waals surface area (Å²) in [6.07, 6.45) is 6.81. The lowest BCUT2D eigenvalue weighted by molar-refractivity contribution is 0.0701. The van der Waals surface area contributed by atoms with E-state index in [0.29, 0.717) is 27.6 Å². The van der Waals surface area contributed by atoms with Gasteiger partial charge in [0.15, 0.2) is 0 Å². The minimum Gasteiger partial charge on any atom is -0.477 e. The maximum atomic E-state index is 11.2. The van der Waals surface area contributed by atoms with Crippen LogP contribution in [0.3, 0.4) is 0 Å². The van der Waals surface area contributed by atoms with Crippen LogP contribution in [0.15, 0.2) is 25.0 Å². The Morgan fingerprint density at radius 2 is 2.33 bits per heavy atom. The number of imidazole rings is 1. The van der Waals surface area contributed by atoms with Crippen molar-refractivity contribution < 1.29 is 9.90 Å². The maximum absolute atomic E-state index is 11.2. The number of anilines is 1. The van der Waals surface area contributed by atoms with Gasteiger partial charge in [0.2, 0.25) is 0 Å². The molecule has 0 aliphatic heterocycles. The predicted molar refractivity (Wildman–Crippen MR) is 79.8 cm³/mol. The van der Waals surface area contributed by atoms with Gasteiger partial charge in [-0.2, -0.15) is 0 Å². The third-order valence-electron chi connectivity index (χ3n) is 3.14. The van der Waals surface area contributed by atoms with Gasteiger partial charge in [-0.1, -0.05) is 0 Å². The fraction of sp³-hybridized carbons (Fsp3) is 0.231. The Kier molecular flexibility index (Phi) is 3.53. The first-order valence-corrected chi connectivity index (χ1v) is 7.15. The summed E-state index contributed by atoms with van der Waals surface area (Å²) in [5.74, 6) is -0.263. The molecule has 0 unspecified atom stereocenters. The van der Waals surface area contributed by atoms with Crippen LogP contribution in [0, 0.1) is 6.92 Å². The molecule has 0 atom stereocenters.